The van der Waals surface area contributed by atoms with E-state index in [0.717, 1.165) is 6.07 Å². The zero-order chi connectivity index (χ0) is 16.5. The van der Waals surface area contributed by atoms with Crippen molar-refractivity contribution < 1.29 is 22.7 Å². The molecule has 0 fully saturated rings. The first-order valence-electron chi connectivity index (χ1n) is 5.86. The Morgan fingerprint density at radius 3 is 2.45 bits per heavy atom. The molecule has 22 heavy (non-hydrogen) atoms. The maximum Gasteiger partial charge on any atom is 0.573 e. The van der Waals surface area contributed by atoms with Crippen molar-refractivity contribution in [2.75, 3.05) is 5.32 Å². The molecule has 0 aliphatic heterocycles. The number of para-hydroxylation sites is 2. The maximum atomic E-state index is 12.3. The second kappa shape index (κ2) is 6.10. The van der Waals surface area contributed by atoms with Crippen LogP contribution in [-0.2, 0) is 7.05 Å². The Morgan fingerprint density at radius 1 is 1.27 bits per heavy atom. The van der Waals surface area contributed by atoms with Gasteiger partial charge in [-0.15, -0.1) is 13.2 Å². The minimum absolute atomic E-state index is 0.0943. The van der Waals surface area contributed by atoms with Gasteiger partial charge in [-0.3, -0.25) is 4.79 Å². The number of alkyl halides is 3. The number of anilines is 1. The highest BCUT2D eigenvalue weighted by Gasteiger charge is 2.32. The van der Waals surface area contributed by atoms with Crippen LogP contribution in [0.4, 0.5) is 18.9 Å². The summed E-state index contributed by atoms with van der Waals surface area (Å²) in [6.07, 6.45) is -4.86. The van der Waals surface area contributed by atoms with Gasteiger partial charge in [0.15, 0.2) is 5.75 Å². The molecule has 2 rings (SSSR count). The van der Waals surface area contributed by atoms with Crippen LogP contribution in [0.25, 0.3) is 0 Å². The van der Waals surface area contributed by atoms with Gasteiger partial charge >= 0.3 is 6.36 Å². The van der Waals surface area contributed by atoms with Crippen molar-refractivity contribution in [1.29, 1.82) is 0 Å². The Kier molecular flexibility index (Phi) is 4.58. The van der Waals surface area contributed by atoms with Crippen LogP contribution in [0, 0.1) is 0 Å². The lowest BCUT2D eigenvalue weighted by Gasteiger charge is -2.14. The van der Waals surface area contributed by atoms with Gasteiger partial charge in [0, 0.05) is 7.05 Å². The van der Waals surface area contributed by atoms with E-state index in [-0.39, 0.29) is 21.6 Å². The SMILES string of the molecule is Cn1c(C(=O)Nc2ccccc2OC(F)(F)F)cc(Cl)c1Cl. The van der Waals surface area contributed by atoms with Gasteiger partial charge in [0.05, 0.1) is 10.7 Å². The Bertz CT molecular complexity index is 714. The Balaban J connectivity index is 2.27. The van der Waals surface area contributed by atoms with Gasteiger partial charge in [-0.2, -0.15) is 0 Å². The van der Waals surface area contributed by atoms with Crippen LogP contribution in [0.1, 0.15) is 10.5 Å². The zero-order valence-corrected chi connectivity index (χ0v) is 12.6. The highest BCUT2D eigenvalue weighted by atomic mass is 35.5. The van der Waals surface area contributed by atoms with Crippen molar-refractivity contribution in [3.05, 3.63) is 46.2 Å². The Morgan fingerprint density at radius 2 is 1.91 bits per heavy atom. The third-order valence-electron chi connectivity index (χ3n) is 2.71. The molecule has 0 saturated heterocycles. The van der Waals surface area contributed by atoms with E-state index in [4.69, 9.17) is 23.2 Å². The lowest BCUT2D eigenvalue weighted by atomic mass is 10.3. The van der Waals surface area contributed by atoms with Crippen molar-refractivity contribution in [1.82, 2.24) is 4.57 Å². The second-order valence-electron chi connectivity index (χ2n) is 4.23. The maximum absolute atomic E-state index is 12.3. The van der Waals surface area contributed by atoms with Gasteiger partial charge < -0.3 is 14.6 Å². The molecule has 0 aliphatic rings. The van der Waals surface area contributed by atoms with E-state index >= 15 is 0 Å². The number of rotatable bonds is 3. The molecule has 0 spiro atoms. The highest BCUT2D eigenvalue weighted by Crippen LogP contribution is 2.31. The predicted molar refractivity (Wildman–Crippen MR) is 76.5 cm³/mol. The lowest BCUT2D eigenvalue weighted by molar-refractivity contribution is -0.274. The van der Waals surface area contributed by atoms with Gasteiger partial charge in [0.2, 0.25) is 0 Å². The van der Waals surface area contributed by atoms with Crippen molar-refractivity contribution in [3.8, 4) is 5.75 Å². The number of aromatic nitrogens is 1. The van der Waals surface area contributed by atoms with E-state index < -0.39 is 18.0 Å². The molecule has 1 heterocycles. The number of ether oxygens (including phenoxy) is 1. The molecule has 1 aromatic carbocycles. The van der Waals surface area contributed by atoms with Crippen LogP contribution in [-0.4, -0.2) is 16.8 Å². The van der Waals surface area contributed by atoms with E-state index in [1.54, 1.807) is 0 Å². The van der Waals surface area contributed by atoms with E-state index in [2.05, 4.69) is 10.1 Å². The third kappa shape index (κ3) is 3.66. The molecule has 4 nitrogen and oxygen atoms in total. The van der Waals surface area contributed by atoms with Crippen LogP contribution >= 0.6 is 23.2 Å². The molecule has 0 radical (unpaired) electrons. The normalized spacial score (nSPS) is 11.4. The smallest absolute Gasteiger partial charge is 0.404 e. The monoisotopic (exact) mass is 352 g/mol. The summed E-state index contributed by atoms with van der Waals surface area (Å²) in [5.74, 6) is -1.19. The van der Waals surface area contributed by atoms with Crippen molar-refractivity contribution in [2.24, 2.45) is 7.05 Å². The number of hydrogen-bond donors (Lipinski definition) is 1. The van der Waals surface area contributed by atoms with Crippen molar-refractivity contribution >= 4 is 34.8 Å². The molecule has 2 aromatic rings. The Labute approximate surface area is 133 Å². The minimum atomic E-state index is -4.86. The molecule has 9 heteroatoms. The first-order chi connectivity index (χ1) is 10.2. The standard InChI is InChI=1S/C13H9Cl2F3N2O2/c1-20-9(6-7(14)11(20)15)12(21)19-8-4-2-3-5-10(8)22-13(16,17)18/h2-6H,1H3,(H,19,21). The van der Waals surface area contributed by atoms with E-state index in [0.29, 0.717) is 0 Å². The fourth-order valence-electron chi connectivity index (χ4n) is 1.73. The average molecular weight is 353 g/mol. The number of nitrogens with one attached hydrogen (secondary N) is 1. The molecule has 0 unspecified atom stereocenters. The van der Waals surface area contributed by atoms with Crippen molar-refractivity contribution in [2.45, 2.75) is 6.36 Å². The fraction of sp³-hybridized carbons (Fsp3) is 0.154. The predicted octanol–water partition coefficient (Wildman–Crippen LogP) is 4.48. The van der Waals surface area contributed by atoms with Crippen LogP contribution in [0.5, 0.6) is 5.75 Å². The summed E-state index contributed by atoms with van der Waals surface area (Å²) < 4.78 is 42.2. The number of amides is 1. The van der Waals surface area contributed by atoms with Crippen molar-refractivity contribution in [3.63, 3.8) is 0 Å². The highest BCUT2D eigenvalue weighted by molar-refractivity contribution is 6.42. The van der Waals surface area contributed by atoms with Crippen LogP contribution in [0.3, 0.4) is 0 Å². The number of benzene rings is 1. The first-order valence-corrected chi connectivity index (χ1v) is 6.61. The molecule has 1 N–H and O–H groups in total. The molecule has 1 amide bonds. The molecule has 1 aromatic heterocycles. The van der Waals surface area contributed by atoms with E-state index in [9.17, 15) is 18.0 Å². The molecule has 0 aliphatic carbocycles. The summed E-state index contributed by atoms with van der Waals surface area (Å²) in [7, 11) is 1.50. The number of halogens is 5. The van der Waals surface area contributed by atoms with Gasteiger partial charge in [-0.05, 0) is 18.2 Å². The number of hydrogen-bond acceptors (Lipinski definition) is 2. The number of carbonyl (C=O) groups is 1. The topological polar surface area (TPSA) is 43.3 Å². The third-order valence-corrected chi connectivity index (χ3v) is 3.55. The summed E-state index contributed by atoms with van der Waals surface area (Å²) in [5.41, 5.74) is -0.0323. The molecule has 0 bridgehead atoms. The molecule has 0 saturated carbocycles. The largest absolute Gasteiger partial charge is 0.573 e. The molecular weight excluding hydrogens is 344 g/mol. The Hall–Kier alpha value is -1.86. The molecular formula is C13H9Cl2F3N2O2. The van der Waals surface area contributed by atoms with Crippen LogP contribution in [0.2, 0.25) is 10.2 Å². The van der Waals surface area contributed by atoms with Crippen LogP contribution < -0.4 is 10.1 Å². The number of nitrogens with zero attached hydrogens (tertiary/aromatic N) is 1. The summed E-state index contributed by atoms with van der Waals surface area (Å²) in [5, 5.41) is 2.64. The zero-order valence-electron chi connectivity index (χ0n) is 11.0. The summed E-state index contributed by atoms with van der Waals surface area (Å²) >= 11 is 11.6. The summed E-state index contributed by atoms with van der Waals surface area (Å²) in [6.45, 7) is 0. The molecule has 0 atom stereocenters. The van der Waals surface area contributed by atoms with Gasteiger partial charge in [-0.25, -0.2) is 0 Å². The minimum Gasteiger partial charge on any atom is -0.404 e. The first kappa shape index (κ1) is 16.5. The van der Waals surface area contributed by atoms with E-state index in [1.807, 2.05) is 0 Å². The lowest BCUT2D eigenvalue weighted by Crippen LogP contribution is -2.20. The second-order valence-corrected chi connectivity index (χ2v) is 4.99. The molecule has 118 valence electrons. The number of carbonyl (C=O) groups excluding carboxylic acids is 1. The van der Waals surface area contributed by atoms with Crippen LogP contribution in [0.15, 0.2) is 30.3 Å². The summed E-state index contributed by atoms with van der Waals surface area (Å²) in [6, 6.07) is 6.50. The van der Waals surface area contributed by atoms with E-state index in [1.165, 1.54) is 35.9 Å². The average Bonchev–Trinajstić information content (AvgIpc) is 2.67. The fourth-order valence-corrected chi connectivity index (χ4v) is 2.11. The van der Waals surface area contributed by atoms with Gasteiger partial charge in [0.1, 0.15) is 10.8 Å². The summed E-state index contributed by atoms with van der Waals surface area (Å²) in [4.78, 5) is 12.1. The van der Waals surface area contributed by atoms with Gasteiger partial charge in [-0.1, -0.05) is 35.3 Å². The van der Waals surface area contributed by atoms with Gasteiger partial charge in [0.25, 0.3) is 5.91 Å². The quantitative estimate of drug-likeness (QED) is 0.884.